The minimum Gasteiger partial charge on any atom is -0.398 e. The van der Waals surface area contributed by atoms with Crippen LogP contribution in [0.5, 0.6) is 0 Å². The molecule has 0 bridgehead atoms. The fourth-order valence-corrected chi connectivity index (χ4v) is 2.99. The van der Waals surface area contributed by atoms with E-state index in [1.807, 2.05) is 31.3 Å². The second kappa shape index (κ2) is 5.63. The number of nitrogens with two attached hydrogens (primary N) is 1. The van der Waals surface area contributed by atoms with E-state index in [9.17, 15) is 4.79 Å². The summed E-state index contributed by atoms with van der Waals surface area (Å²) in [4.78, 5) is 14.7. The van der Waals surface area contributed by atoms with Crippen LogP contribution in [0.2, 0.25) is 4.34 Å². The maximum atomic E-state index is 11.5. The minimum atomic E-state index is -0.0214. The van der Waals surface area contributed by atoms with Crippen molar-refractivity contribution in [1.29, 1.82) is 0 Å². The van der Waals surface area contributed by atoms with Crippen molar-refractivity contribution in [1.82, 2.24) is 0 Å². The zero-order chi connectivity index (χ0) is 14.0. The van der Waals surface area contributed by atoms with Gasteiger partial charge in [-0.25, -0.2) is 0 Å². The molecule has 2 aromatic rings. The van der Waals surface area contributed by atoms with Crippen LogP contribution >= 0.6 is 22.9 Å². The molecule has 0 aliphatic carbocycles. The van der Waals surface area contributed by atoms with Crippen LogP contribution in [0.15, 0.2) is 30.3 Å². The number of carbonyl (C=O) groups is 1. The standard InChI is InChI=1S/C14H15ClN2OS/c1-9(18)12-7-10(3-5-13(12)16)17(2)8-11-4-6-14(15)19-11/h3-7H,8,16H2,1-2H3. The fraction of sp³-hybridized carbons (Fsp3) is 0.214. The molecule has 100 valence electrons. The molecule has 2 rings (SSSR count). The Hall–Kier alpha value is -1.52. The molecule has 0 saturated carbocycles. The van der Waals surface area contributed by atoms with Crippen LogP contribution in [0, 0.1) is 0 Å². The number of thiophene rings is 1. The highest BCUT2D eigenvalue weighted by Crippen LogP contribution is 2.26. The number of halogens is 1. The molecule has 5 heteroatoms. The zero-order valence-electron chi connectivity index (χ0n) is 10.8. The summed E-state index contributed by atoms with van der Waals surface area (Å²) < 4.78 is 0.783. The molecule has 0 radical (unpaired) electrons. The Labute approximate surface area is 121 Å². The highest BCUT2D eigenvalue weighted by molar-refractivity contribution is 7.16. The predicted octanol–water partition coefficient (Wildman–Crippen LogP) is 3.82. The number of hydrogen-bond donors (Lipinski definition) is 1. The van der Waals surface area contributed by atoms with Gasteiger partial charge in [0.15, 0.2) is 5.78 Å². The van der Waals surface area contributed by atoms with Gasteiger partial charge in [0.2, 0.25) is 0 Å². The van der Waals surface area contributed by atoms with Crippen molar-refractivity contribution in [3.8, 4) is 0 Å². The van der Waals surface area contributed by atoms with Crippen LogP contribution in [-0.2, 0) is 6.54 Å². The first-order valence-corrected chi connectivity index (χ1v) is 7.02. The lowest BCUT2D eigenvalue weighted by molar-refractivity contribution is 0.101. The molecule has 0 aliphatic rings. The second-order valence-electron chi connectivity index (χ2n) is 4.39. The molecular formula is C14H15ClN2OS. The molecule has 1 aromatic carbocycles. The van der Waals surface area contributed by atoms with Gasteiger partial charge >= 0.3 is 0 Å². The summed E-state index contributed by atoms with van der Waals surface area (Å²) in [6.07, 6.45) is 0. The van der Waals surface area contributed by atoms with Crippen molar-refractivity contribution in [2.75, 3.05) is 17.7 Å². The normalized spacial score (nSPS) is 10.5. The Balaban J connectivity index is 2.21. The molecule has 3 nitrogen and oxygen atoms in total. The van der Waals surface area contributed by atoms with Crippen LogP contribution in [0.4, 0.5) is 11.4 Å². The summed E-state index contributed by atoms with van der Waals surface area (Å²) in [5.74, 6) is -0.0214. The van der Waals surface area contributed by atoms with E-state index in [4.69, 9.17) is 17.3 Å². The molecule has 0 atom stereocenters. The topological polar surface area (TPSA) is 46.3 Å². The van der Waals surface area contributed by atoms with Crippen molar-refractivity contribution in [2.45, 2.75) is 13.5 Å². The number of hydrogen-bond acceptors (Lipinski definition) is 4. The Morgan fingerprint density at radius 1 is 1.37 bits per heavy atom. The zero-order valence-corrected chi connectivity index (χ0v) is 12.4. The number of carbonyl (C=O) groups excluding carboxylic acids is 1. The van der Waals surface area contributed by atoms with E-state index in [1.165, 1.54) is 11.8 Å². The van der Waals surface area contributed by atoms with Gasteiger partial charge in [0.1, 0.15) is 0 Å². The van der Waals surface area contributed by atoms with E-state index < -0.39 is 0 Å². The van der Waals surface area contributed by atoms with Gasteiger partial charge in [-0.15, -0.1) is 11.3 Å². The summed E-state index contributed by atoms with van der Waals surface area (Å²) in [6, 6.07) is 9.40. The van der Waals surface area contributed by atoms with Gasteiger partial charge in [-0.05, 0) is 37.3 Å². The quantitative estimate of drug-likeness (QED) is 0.689. The van der Waals surface area contributed by atoms with E-state index in [0.717, 1.165) is 16.6 Å². The van der Waals surface area contributed by atoms with Crippen molar-refractivity contribution >= 4 is 40.1 Å². The molecule has 0 aliphatic heterocycles. The number of rotatable bonds is 4. The number of benzene rings is 1. The number of Topliss-reactive ketones (excluding diaryl/α,β-unsaturated/α-hetero) is 1. The Bertz CT molecular complexity index is 609. The van der Waals surface area contributed by atoms with Gasteiger partial charge in [-0.2, -0.15) is 0 Å². The third-order valence-corrected chi connectivity index (χ3v) is 4.09. The molecule has 0 fully saturated rings. The molecular weight excluding hydrogens is 280 g/mol. The first kappa shape index (κ1) is 13.9. The minimum absolute atomic E-state index is 0.0214. The van der Waals surface area contributed by atoms with Gasteiger partial charge in [0.05, 0.1) is 10.9 Å². The smallest absolute Gasteiger partial charge is 0.161 e. The predicted molar refractivity (Wildman–Crippen MR) is 82.3 cm³/mol. The van der Waals surface area contributed by atoms with Crippen LogP contribution in [-0.4, -0.2) is 12.8 Å². The van der Waals surface area contributed by atoms with Gasteiger partial charge in [0.25, 0.3) is 0 Å². The molecule has 19 heavy (non-hydrogen) atoms. The maximum absolute atomic E-state index is 11.5. The Morgan fingerprint density at radius 2 is 2.11 bits per heavy atom. The summed E-state index contributed by atoms with van der Waals surface area (Å²) in [6.45, 7) is 2.27. The van der Waals surface area contributed by atoms with Gasteiger partial charge in [0, 0.05) is 28.9 Å². The van der Waals surface area contributed by atoms with Gasteiger partial charge in [-0.1, -0.05) is 11.6 Å². The van der Waals surface area contributed by atoms with E-state index in [2.05, 4.69) is 4.90 Å². The number of anilines is 2. The van der Waals surface area contributed by atoms with E-state index in [-0.39, 0.29) is 5.78 Å². The molecule has 0 unspecified atom stereocenters. The van der Waals surface area contributed by atoms with Crippen LogP contribution in [0.3, 0.4) is 0 Å². The van der Waals surface area contributed by atoms with E-state index >= 15 is 0 Å². The van der Waals surface area contributed by atoms with Crippen molar-refractivity contribution < 1.29 is 4.79 Å². The maximum Gasteiger partial charge on any atom is 0.161 e. The van der Waals surface area contributed by atoms with Gasteiger partial charge < -0.3 is 10.6 Å². The average molecular weight is 295 g/mol. The third kappa shape index (κ3) is 3.28. The molecule has 2 N–H and O–H groups in total. The molecule has 1 heterocycles. The van der Waals surface area contributed by atoms with Crippen molar-refractivity contribution in [2.24, 2.45) is 0 Å². The number of nitrogens with zero attached hydrogens (tertiary/aromatic N) is 1. The summed E-state index contributed by atoms with van der Waals surface area (Å²) in [5.41, 5.74) is 7.83. The van der Waals surface area contributed by atoms with Crippen molar-refractivity contribution in [3.63, 3.8) is 0 Å². The SMILES string of the molecule is CC(=O)c1cc(N(C)Cc2ccc(Cl)s2)ccc1N. The lowest BCUT2D eigenvalue weighted by atomic mass is 10.1. The molecule has 1 aromatic heterocycles. The number of nitrogen functional groups attached to an aromatic ring is 1. The molecule has 0 amide bonds. The highest BCUT2D eigenvalue weighted by Gasteiger charge is 2.09. The largest absolute Gasteiger partial charge is 0.398 e. The first-order valence-electron chi connectivity index (χ1n) is 5.83. The van der Waals surface area contributed by atoms with E-state index in [1.54, 1.807) is 17.4 Å². The fourth-order valence-electron chi connectivity index (χ4n) is 1.85. The summed E-state index contributed by atoms with van der Waals surface area (Å²) >= 11 is 7.47. The summed E-state index contributed by atoms with van der Waals surface area (Å²) in [5, 5.41) is 0. The average Bonchev–Trinajstić information content (AvgIpc) is 2.74. The second-order valence-corrected chi connectivity index (χ2v) is 6.19. The van der Waals surface area contributed by atoms with Crippen LogP contribution in [0.1, 0.15) is 22.2 Å². The lowest BCUT2D eigenvalue weighted by Crippen LogP contribution is -2.16. The highest BCUT2D eigenvalue weighted by atomic mass is 35.5. The van der Waals surface area contributed by atoms with Gasteiger partial charge in [-0.3, -0.25) is 4.79 Å². The third-order valence-electron chi connectivity index (χ3n) is 2.88. The molecule has 0 spiro atoms. The van der Waals surface area contributed by atoms with E-state index in [0.29, 0.717) is 11.3 Å². The monoisotopic (exact) mass is 294 g/mol. The van der Waals surface area contributed by atoms with Crippen molar-refractivity contribution in [3.05, 3.63) is 45.1 Å². The first-order chi connectivity index (χ1) is 8.97. The number of ketones is 1. The Kier molecular flexibility index (Phi) is 4.12. The van der Waals surface area contributed by atoms with Crippen LogP contribution < -0.4 is 10.6 Å². The lowest BCUT2D eigenvalue weighted by Gasteiger charge is -2.19. The Morgan fingerprint density at radius 3 is 2.68 bits per heavy atom. The summed E-state index contributed by atoms with van der Waals surface area (Å²) in [7, 11) is 1.98. The van der Waals surface area contributed by atoms with Crippen LogP contribution in [0.25, 0.3) is 0 Å². The molecule has 0 saturated heterocycles.